The molecule has 1 saturated heterocycles. The number of allylic oxidation sites excluding steroid dienone is 1. The van der Waals surface area contributed by atoms with Gasteiger partial charge < -0.3 is 19.9 Å². The van der Waals surface area contributed by atoms with Crippen LogP contribution in [0.15, 0.2) is 64.2 Å². The third-order valence-electron chi connectivity index (χ3n) is 6.39. The van der Waals surface area contributed by atoms with Gasteiger partial charge in [-0.2, -0.15) is 0 Å². The Labute approximate surface area is 210 Å². The van der Waals surface area contributed by atoms with Crippen molar-refractivity contribution in [2.75, 3.05) is 52.9 Å². The Morgan fingerprint density at radius 2 is 1.78 bits per heavy atom. The molecule has 0 atom stereocenters. The summed E-state index contributed by atoms with van der Waals surface area (Å²) in [5, 5.41) is 3.68. The Kier molecular flexibility index (Phi) is 8.35. The van der Waals surface area contributed by atoms with E-state index >= 15 is 0 Å². The van der Waals surface area contributed by atoms with E-state index in [9.17, 15) is 14.4 Å². The minimum atomic E-state index is -0.625. The lowest BCUT2D eigenvalue weighted by atomic mass is 10.1. The molecule has 9 heteroatoms. The molecule has 0 saturated carbocycles. The minimum absolute atomic E-state index is 0.0488. The third kappa shape index (κ3) is 6.30. The largest absolute Gasteiger partial charge is 0.497 e. The van der Waals surface area contributed by atoms with Crippen LogP contribution in [0.5, 0.6) is 5.75 Å². The number of carbonyl (C=O) groups excluding carboxylic acids is 3. The number of fused-ring (bicyclic) bond motifs is 1. The summed E-state index contributed by atoms with van der Waals surface area (Å²) in [7, 11) is 1.52. The van der Waals surface area contributed by atoms with Crippen LogP contribution in [0, 0.1) is 0 Å². The van der Waals surface area contributed by atoms with Gasteiger partial charge in [-0.15, -0.1) is 0 Å². The van der Waals surface area contributed by atoms with Crippen LogP contribution in [-0.2, 0) is 4.79 Å². The second kappa shape index (κ2) is 11.8. The number of hydrogen-bond acceptors (Lipinski definition) is 7. The molecule has 4 rings (SSSR count). The van der Waals surface area contributed by atoms with Crippen molar-refractivity contribution in [2.45, 2.75) is 13.3 Å². The molecule has 9 nitrogen and oxygen atoms in total. The first-order valence-corrected chi connectivity index (χ1v) is 12.2. The molecular formula is C27H31N5O4. The van der Waals surface area contributed by atoms with Gasteiger partial charge in [0.15, 0.2) is 5.78 Å². The molecule has 1 N–H and O–H groups in total. The highest BCUT2D eigenvalue weighted by Crippen LogP contribution is 2.14. The zero-order valence-corrected chi connectivity index (χ0v) is 20.7. The highest BCUT2D eigenvalue weighted by Gasteiger charge is 2.17. The molecule has 0 bridgehead atoms. The standard InChI is InChI=1S/C27H31N5O4/c1-3-31-12-14-32(15-13-31)11-5-10-28-26(34)20-8-9-22-23(17-20)30-27(35)24(29-22)18-25(33)19-6-4-7-21(16-19)36-2/h4,6-9,16-18H,3,5,10-15H2,1-2H3,(H,28,34)/b24-18-. The van der Waals surface area contributed by atoms with Gasteiger partial charge in [0.05, 0.1) is 17.8 Å². The molecule has 2 aliphatic rings. The fraction of sp³-hybridized carbons (Fsp3) is 0.370. The summed E-state index contributed by atoms with van der Waals surface area (Å²) < 4.78 is 5.14. The molecule has 188 valence electrons. The maximum Gasteiger partial charge on any atom is 0.296 e. The van der Waals surface area contributed by atoms with Gasteiger partial charge in [0, 0.05) is 49.9 Å². The predicted octanol–water partition coefficient (Wildman–Crippen LogP) is 0.999. The second-order valence-electron chi connectivity index (χ2n) is 8.74. The van der Waals surface area contributed by atoms with Crippen LogP contribution in [0.4, 0.5) is 0 Å². The molecule has 0 radical (unpaired) electrons. The minimum Gasteiger partial charge on any atom is -0.497 e. The number of piperazine rings is 1. The fourth-order valence-corrected chi connectivity index (χ4v) is 4.21. The summed E-state index contributed by atoms with van der Waals surface area (Å²) in [5.74, 6) is -0.671. The van der Waals surface area contributed by atoms with E-state index in [-0.39, 0.29) is 17.4 Å². The van der Waals surface area contributed by atoms with Crippen LogP contribution >= 0.6 is 0 Å². The molecule has 0 spiro atoms. The Morgan fingerprint density at radius 3 is 2.53 bits per heavy atom. The van der Waals surface area contributed by atoms with E-state index in [1.165, 1.54) is 13.2 Å². The second-order valence-corrected chi connectivity index (χ2v) is 8.74. The molecule has 2 aromatic carbocycles. The van der Waals surface area contributed by atoms with Crippen molar-refractivity contribution < 1.29 is 19.1 Å². The number of nitrogens with one attached hydrogen (secondary N) is 1. The van der Waals surface area contributed by atoms with Gasteiger partial charge in [0.25, 0.3) is 11.8 Å². The summed E-state index contributed by atoms with van der Waals surface area (Å²) in [6.45, 7) is 9.12. The number of ether oxygens (including phenoxy) is 1. The number of benzene rings is 2. The fourth-order valence-electron chi connectivity index (χ4n) is 4.21. The van der Waals surface area contributed by atoms with E-state index in [1.807, 2.05) is 0 Å². The zero-order valence-electron chi connectivity index (χ0n) is 20.7. The number of methoxy groups -OCH3 is 1. The number of amides is 2. The molecule has 2 amide bonds. The van der Waals surface area contributed by atoms with Crippen LogP contribution in [0.2, 0.25) is 0 Å². The average molecular weight is 490 g/mol. The summed E-state index contributed by atoms with van der Waals surface area (Å²) in [6.07, 6.45) is 2.04. The number of carbonyl (C=O) groups is 3. The SMILES string of the molecule is CCN1CCN(CCCNC(=O)c2ccc3c(c2)=NC(=O)/C(=C/C(=O)c2cccc(OC)c2)N=3)CC1. The lowest BCUT2D eigenvalue weighted by Gasteiger charge is -2.33. The van der Waals surface area contributed by atoms with Crippen LogP contribution in [-0.4, -0.2) is 80.3 Å². The van der Waals surface area contributed by atoms with Crippen LogP contribution in [0.3, 0.4) is 0 Å². The third-order valence-corrected chi connectivity index (χ3v) is 6.39. The molecular weight excluding hydrogens is 458 g/mol. The monoisotopic (exact) mass is 489 g/mol. The topological polar surface area (TPSA) is 104 Å². The molecule has 1 fully saturated rings. The molecule has 36 heavy (non-hydrogen) atoms. The zero-order chi connectivity index (χ0) is 25.5. The van der Waals surface area contributed by atoms with E-state index in [0.29, 0.717) is 34.1 Å². The highest BCUT2D eigenvalue weighted by molar-refractivity contribution is 6.10. The summed E-state index contributed by atoms with van der Waals surface area (Å²) in [6, 6.07) is 11.5. The highest BCUT2D eigenvalue weighted by atomic mass is 16.5. The van der Waals surface area contributed by atoms with Crippen molar-refractivity contribution in [3.63, 3.8) is 0 Å². The van der Waals surface area contributed by atoms with Crippen molar-refractivity contribution in [1.29, 1.82) is 0 Å². The Morgan fingerprint density at radius 1 is 1.00 bits per heavy atom. The van der Waals surface area contributed by atoms with Crippen molar-refractivity contribution in [3.8, 4) is 5.75 Å². The first-order valence-electron chi connectivity index (χ1n) is 12.2. The van der Waals surface area contributed by atoms with E-state index in [1.54, 1.807) is 42.5 Å². The van der Waals surface area contributed by atoms with Gasteiger partial charge >= 0.3 is 0 Å². The van der Waals surface area contributed by atoms with E-state index in [4.69, 9.17) is 4.74 Å². The molecule has 2 aliphatic heterocycles. The van der Waals surface area contributed by atoms with E-state index < -0.39 is 5.91 Å². The number of hydrogen-bond donors (Lipinski definition) is 1. The summed E-state index contributed by atoms with van der Waals surface area (Å²) in [4.78, 5) is 50.9. The normalized spacial score (nSPS) is 17.2. The molecule has 2 heterocycles. The van der Waals surface area contributed by atoms with Gasteiger partial charge in [-0.05, 0) is 49.8 Å². The number of rotatable bonds is 9. The lowest BCUT2D eigenvalue weighted by molar-refractivity contribution is -0.114. The van der Waals surface area contributed by atoms with Crippen molar-refractivity contribution in [3.05, 3.63) is 76.1 Å². The van der Waals surface area contributed by atoms with Gasteiger partial charge in [-0.25, -0.2) is 9.98 Å². The Bertz CT molecular complexity index is 1300. The first kappa shape index (κ1) is 25.4. The maximum absolute atomic E-state index is 12.6. The molecule has 2 aromatic rings. The quantitative estimate of drug-likeness (QED) is 0.320. The number of ketones is 1. The van der Waals surface area contributed by atoms with Gasteiger partial charge in [-0.3, -0.25) is 14.4 Å². The van der Waals surface area contributed by atoms with Crippen molar-refractivity contribution >= 4 is 17.6 Å². The van der Waals surface area contributed by atoms with Crippen molar-refractivity contribution in [1.82, 2.24) is 15.1 Å². The molecule has 0 aliphatic carbocycles. The van der Waals surface area contributed by atoms with Crippen LogP contribution < -0.4 is 20.8 Å². The average Bonchev–Trinajstić information content (AvgIpc) is 2.91. The smallest absolute Gasteiger partial charge is 0.296 e. The van der Waals surface area contributed by atoms with Gasteiger partial charge in [0.2, 0.25) is 0 Å². The predicted molar refractivity (Wildman–Crippen MR) is 135 cm³/mol. The summed E-state index contributed by atoms with van der Waals surface area (Å²) >= 11 is 0. The summed E-state index contributed by atoms with van der Waals surface area (Å²) in [5.41, 5.74) is 0.745. The Balaban J connectivity index is 1.36. The maximum atomic E-state index is 12.6. The van der Waals surface area contributed by atoms with Crippen molar-refractivity contribution in [2.24, 2.45) is 9.98 Å². The number of likely N-dealkylation sites (N-methyl/N-ethyl adjacent to an activating group) is 1. The molecule has 0 unspecified atom stereocenters. The van der Waals surface area contributed by atoms with E-state index in [2.05, 4.69) is 32.0 Å². The lowest BCUT2D eigenvalue weighted by Crippen LogP contribution is -2.46. The Hall–Kier alpha value is -3.69. The van der Waals surface area contributed by atoms with Crippen LogP contribution in [0.25, 0.3) is 0 Å². The van der Waals surface area contributed by atoms with Gasteiger partial charge in [-0.1, -0.05) is 19.1 Å². The van der Waals surface area contributed by atoms with Gasteiger partial charge in [0.1, 0.15) is 11.4 Å². The van der Waals surface area contributed by atoms with E-state index in [0.717, 1.165) is 45.7 Å². The first-order chi connectivity index (χ1) is 17.5. The number of nitrogens with zero attached hydrogens (tertiary/aromatic N) is 4. The molecule has 0 aromatic heterocycles. The van der Waals surface area contributed by atoms with Crippen LogP contribution in [0.1, 0.15) is 34.1 Å².